The van der Waals surface area contributed by atoms with Gasteiger partial charge in [0.1, 0.15) is 0 Å². The molecule has 0 saturated carbocycles. The number of aromatic nitrogens is 7. The van der Waals surface area contributed by atoms with E-state index in [-0.39, 0.29) is 0 Å². The summed E-state index contributed by atoms with van der Waals surface area (Å²) in [5.74, 6) is 0. The molecule has 9 heteroatoms. The van der Waals surface area contributed by atoms with Gasteiger partial charge in [0, 0.05) is 108 Å². The molecule has 16 aromatic carbocycles. The van der Waals surface area contributed by atoms with Crippen molar-refractivity contribution in [1.29, 1.82) is 0 Å². The molecule has 0 aliphatic carbocycles. The lowest BCUT2D eigenvalue weighted by atomic mass is 9.95. The Morgan fingerprint density at radius 2 is 0.360 bits per heavy atom. The maximum absolute atomic E-state index is 5.30. The first-order valence-electron chi connectivity index (χ1n) is 41.9. The fraction of sp³-hybridized carbons (Fsp3) is 0. The van der Waals surface area contributed by atoms with E-state index < -0.39 is 0 Å². The second-order valence-corrected chi connectivity index (χ2v) is 33.0. The highest BCUT2D eigenvalue weighted by Crippen LogP contribution is 2.42. The summed E-state index contributed by atoms with van der Waals surface area (Å²) >= 11 is 7.13. The van der Waals surface area contributed by atoms with E-state index in [4.69, 9.17) is 19.9 Å². The number of hydrogen-bond donors (Lipinski definition) is 1. The lowest BCUT2D eigenvalue weighted by Crippen LogP contribution is -1.95. The quantitative estimate of drug-likeness (QED) is 0.118. The molecule has 0 amide bonds. The molecule has 7 nitrogen and oxygen atoms in total. The van der Waals surface area contributed by atoms with E-state index in [1.54, 1.807) is 0 Å². The zero-order valence-electron chi connectivity index (χ0n) is 67.8. The van der Waals surface area contributed by atoms with Crippen molar-refractivity contribution in [2.24, 2.45) is 0 Å². The maximum atomic E-state index is 5.30. The van der Waals surface area contributed by atoms with Crippen LogP contribution in [0.3, 0.4) is 0 Å². The minimum atomic E-state index is 0.919. The molecule has 0 spiro atoms. The summed E-state index contributed by atoms with van der Waals surface area (Å²) < 4.78 is 6.80. The Hall–Kier alpha value is -15.5. The molecule has 125 heavy (non-hydrogen) atoms. The number of benzene rings is 16. The Labute approximate surface area is 741 Å². The lowest BCUT2D eigenvalue weighted by molar-refractivity contribution is 1.18. The first-order chi connectivity index (χ1) is 61.7. The van der Waals surface area contributed by atoms with Gasteiger partial charge in [-0.15, -0.1) is 0 Å². The van der Waals surface area contributed by atoms with E-state index >= 15 is 0 Å². The van der Waals surface area contributed by atoms with Gasteiger partial charge in [-0.3, -0.25) is 0 Å². The van der Waals surface area contributed by atoms with Gasteiger partial charge in [-0.05, 0) is 190 Å². The zero-order valence-corrected chi connectivity index (χ0v) is 71.0. The molecule has 590 valence electrons. The van der Waals surface area contributed by atoms with Crippen molar-refractivity contribution in [2.75, 3.05) is 0 Å². The van der Waals surface area contributed by atoms with Crippen LogP contribution in [0.15, 0.2) is 470 Å². The van der Waals surface area contributed by atoms with Crippen molar-refractivity contribution in [2.45, 2.75) is 0 Å². The monoisotopic (exact) mass is 1730 g/mol. The summed E-state index contributed by atoms with van der Waals surface area (Å²) in [6.07, 6.45) is 0. The summed E-state index contributed by atoms with van der Waals surface area (Å²) in [6, 6.07) is 163. The highest BCUT2D eigenvalue weighted by Gasteiger charge is 2.20. The molecule has 7 aromatic heterocycles. The molecule has 0 aliphatic rings. The van der Waals surface area contributed by atoms with Crippen molar-refractivity contribution in [3.05, 3.63) is 470 Å². The van der Waals surface area contributed by atoms with Gasteiger partial charge in [0.25, 0.3) is 0 Å². The second kappa shape index (κ2) is 34.2. The van der Waals surface area contributed by atoms with Crippen LogP contribution in [0.2, 0.25) is 0 Å². The van der Waals surface area contributed by atoms with Gasteiger partial charge in [-0.2, -0.15) is 0 Å². The predicted octanol–water partition coefficient (Wildman–Crippen LogP) is 32.0. The van der Waals surface area contributed by atoms with Gasteiger partial charge in [0.15, 0.2) is 0 Å². The van der Waals surface area contributed by atoms with Gasteiger partial charge in [0.05, 0.1) is 67.6 Å². The lowest BCUT2D eigenvalue weighted by Gasteiger charge is -2.14. The fourth-order valence-electron chi connectivity index (χ4n) is 17.2. The van der Waals surface area contributed by atoms with E-state index in [0.717, 1.165) is 155 Å². The van der Waals surface area contributed by atoms with Crippen molar-refractivity contribution >= 4 is 97.3 Å². The topological polar surface area (TPSA) is 77.2 Å². The number of rotatable bonds is 14. The minimum Gasteiger partial charge on any atom is -0.355 e. The number of fused-ring (bicyclic) bond motifs is 9. The van der Waals surface area contributed by atoms with Crippen molar-refractivity contribution < 1.29 is 0 Å². The summed E-state index contributed by atoms with van der Waals surface area (Å²) in [6.45, 7) is 0. The minimum absolute atomic E-state index is 0.919. The SMILES string of the molecule is Brc1ccc(-c2cc(-c3cccc(-c4cc(-c5ccccc5)nc(-c5ccc(Br)cc5)c4)c3)cc(-c3ccccc3)n2)cc1.c1ccc(-c2cc(-c3cccc(-c4cc(-c5ccccc5)nc(-c5ccc(-n6c7ccccc7c7ccccc76)cc5)c4)c3)cc(-c3ccc(-n4c5ccccc5c5ccccc54)cc3)n2)cc1.c1ccc2c(c1)[nH]c1ccccc12. The fourth-order valence-corrected chi connectivity index (χ4v) is 17.7. The Morgan fingerprint density at radius 3 is 0.616 bits per heavy atom. The van der Waals surface area contributed by atoms with Crippen molar-refractivity contribution in [3.63, 3.8) is 0 Å². The van der Waals surface area contributed by atoms with E-state index in [1.807, 2.05) is 12.1 Å². The molecule has 0 radical (unpaired) electrons. The van der Waals surface area contributed by atoms with Gasteiger partial charge >= 0.3 is 0 Å². The van der Waals surface area contributed by atoms with Crippen molar-refractivity contribution in [1.82, 2.24) is 34.1 Å². The largest absolute Gasteiger partial charge is 0.355 e. The first-order valence-corrected chi connectivity index (χ1v) is 43.5. The Kier molecular flexibility index (Phi) is 21.0. The van der Waals surface area contributed by atoms with Crippen LogP contribution >= 0.6 is 31.9 Å². The number of H-pyrrole nitrogens is 1. The number of pyridine rings is 4. The molecular formula is C116H77Br2N7. The number of para-hydroxylation sites is 6. The molecule has 0 bridgehead atoms. The average Bonchev–Trinajstić information content (AvgIpc) is 1.61. The molecule has 0 atom stereocenters. The smallest absolute Gasteiger partial charge is 0.0715 e. The molecule has 23 aromatic rings. The molecule has 1 N–H and O–H groups in total. The summed E-state index contributed by atoms with van der Waals surface area (Å²) in [7, 11) is 0. The number of hydrogen-bond acceptors (Lipinski definition) is 4. The van der Waals surface area contributed by atoms with Crippen LogP contribution in [0.4, 0.5) is 0 Å². The molecular weight excluding hydrogens is 1650 g/mol. The average molecular weight is 1730 g/mol. The highest BCUT2D eigenvalue weighted by molar-refractivity contribution is 9.10. The molecule has 0 saturated heterocycles. The van der Waals surface area contributed by atoms with E-state index in [1.165, 1.54) is 65.4 Å². The third-order valence-corrected chi connectivity index (χ3v) is 24.4. The Bertz CT molecular complexity index is 7320. The van der Waals surface area contributed by atoms with Gasteiger partial charge in [-0.25, -0.2) is 19.9 Å². The number of nitrogens with one attached hydrogen (secondary N) is 1. The first kappa shape index (κ1) is 76.8. The number of aromatic amines is 1. The van der Waals surface area contributed by atoms with Crippen LogP contribution in [0, 0.1) is 0 Å². The Morgan fingerprint density at radius 1 is 0.160 bits per heavy atom. The molecule has 23 rings (SSSR count). The van der Waals surface area contributed by atoms with Crippen LogP contribution in [-0.4, -0.2) is 34.1 Å². The van der Waals surface area contributed by atoms with E-state index in [9.17, 15) is 0 Å². The van der Waals surface area contributed by atoms with E-state index in [0.29, 0.717) is 0 Å². The standard InChI is InChI=1S/C64H42N4.C40H26Br2N2.C12H9N/c1-3-16-43(17-4-1)57-39-49(41-59(65-57)45-30-34-51(35-31-45)67-61-26-11-7-22-53(61)54-23-8-12-27-62(54)67)47-20-15-21-48(38-47)50-40-58(44-18-5-2-6-19-44)66-60(42-50)46-32-36-52(37-33-46)68-63-28-13-9-24-55(63)56-25-10-14-29-64(56)68;41-35-18-14-29(15-19-35)39-25-33(23-37(43-39)27-8-3-1-4-9-27)31-12-7-13-32(22-31)34-24-38(28-10-5-2-6-11-28)44-40(26-34)30-16-20-36(42)21-17-30;1-3-7-11-9(5-1)10-6-2-4-8-12(10)13-11/h1-42H;1-26H;1-8,13H. The van der Waals surface area contributed by atoms with Crippen LogP contribution in [0.25, 0.3) is 211 Å². The second-order valence-electron chi connectivity index (χ2n) is 31.2. The summed E-state index contributed by atoms with van der Waals surface area (Å²) in [5.41, 5.74) is 34.4. The summed E-state index contributed by atoms with van der Waals surface area (Å²) in [4.78, 5) is 24.1. The number of nitrogens with zero attached hydrogens (tertiary/aromatic N) is 6. The van der Waals surface area contributed by atoms with Gasteiger partial charge in [0.2, 0.25) is 0 Å². The highest BCUT2D eigenvalue weighted by atomic mass is 79.9. The maximum Gasteiger partial charge on any atom is 0.0715 e. The van der Waals surface area contributed by atoms with Crippen LogP contribution in [-0.2, 0) is 0 Å². The number of halogens is 2. The van der Waals surface area contributed by atoms with Crippen LogP contribution < -0.4 is 0 Å². The molecule has 0 fully saturated rings. The van der Waals surface area contributed by atoms with E-state index in [2.05, 4.69) is 495 Å². The molecule has 0 aliphatic heterocycles. The summed E-state index contributed by atoms with van der Waals surface area (Å²) in [5, 5.41) is 7.61. The third kappa shape index (κ3) is 15.9. The molecule has 0 unspecified atom stereocenters. The van der Waals surface area contributed by atoms with Crippen LogP contribution in [0.1, 0.15) is 0 Å². The Balaban J connectivity index is 0.000000142. The van der Waals surface area contributed by atoms with Gasteiger partial charge in [-0.1, -0.05) is 347 Å². The van der Waals surface area contributed by atoms with Gasteiger partial charge < -0.3 is 14.1 Å². The van der Waals surface area contributed by atoms with Crippen LogP contribution in [0.5, 0.6) is 0 Å². The zero-order chi connectivity index (χ0) is 83.5. The molecule has 7 heterocycles. The van der Waals surface area contributed by atoms with Crippen molar-refractivity contribution in [3.8, 4) is 146 Å². The predicted molar refractivity (Wildman–Crippen MR) is 529 cm³/mol. The normalized spacial score (nSPS) is 11.3. The third-order valence-electron chi connectivity index (χ3n) is 23.3.